The molecule has 1 atom stereocenters. The second-order valence-electron chi connectivity index (χ2n) is 5.77. The lowest BCUT2D eigenvalue weighted by atomic mass is 10.1. The quantitative estimate of drug-likeness (QED) is 0.747. The van der Waals surface area contributed by atoms with E-state index in [4.69, 9.17) is 9.47 Å². The van der Waals surface area contributed by atoms with Gasteiger partial charge >= 0.3 is 0 Å². The second-order valence-corrected chi connectivity index (χ2v) is 5.77. The molecule has 0 fully saturated rings. The molecule has 0 saturated carbocycles. The van der Waals surface area contributed by atoms with E-state index < -0.39 is 5.91 Å². The Morgan fingerprint density at radius 1 is 1.26 bits per heavy atom. The number of carbonyl (C=O) groups is 1. The monoisotopic (exact) mass is 372 g/mol. The number of ether oxygens (including phenoxy) is 2. The molecule has 0 aliphatic rings. The van der Waals surface area contributed by atoms with Gasteiger partial charge in [-0.1, -0.05) is 20.4 Å². The average Bonchev–Trinajstić information content (AvgIpc) is 2.63. The van der Waals surface area contributed by atoms with Gasteiger partial charge in [-0.3, -0.25) is 4.79 Å². The highest BCUT2D eigenvalue weighted by molar-refractivity contribution is 6.04. The second kappa shape index (κ2) is 11.0. The molecule has 0 saturated heterocycles. The Hall–Kier alpha value is -2.86. The molecule has 2 aromatic rings. The first-order valence-electron chi connectivity index (χ1n) is 8.82. The Bertz CT molecular complexity index is 757. The van der Waals surface area contributed by atoms with Crippen molar-refractivity contribution in [2.24, 2.45) is 0 Å². The van der Waals surface area contributed by atoms with Crippen molar-refractivity contribution in [2.75, 3.05) is 19.0 Å². The molecule has 146 valence electrons. The van der Waals surface area contributed by atoms with Gasteiger partial charge in [-0.25, -0.2) is 4.98 Å². The number of aromatic nitrogens is 1. The molecule has 0 bridgehead atoms. The SMILES string of the molecule is C=C(C)c1ccc(NC(=O)c2cc(O)cc(OC(C)COC)c2)nc1.CC. The average molecular weight is 372 g/mol. The zero-order chi connectivity index (χ0) is 20.4. The van der Waals surface area contributed by atoms with E-state index in [0.717, 1.165) is 11.1 Å². The maximum absolute atomic E-state index is 12.4. The van der Waals surface area contributed by atoms with Crippen LogP contribution in [0.4, 0.5) is 5.82 Å². The van der Waals surface area contributed by atoms with Gasteiger partial charge in [0.15, 0.2) is 0 Å². The van der Waals surface area contributed by atoms with Gasteiger partial charge in [0.05, 0.1) is 6.61 Å². The van der Waals surface area contributed by atoms with Crippen molar-refractivity contribution in [3.8, 4) is 11.5 Å². The number of anilines is 1. The Balaban J connectivity index is 0.00000176. The summed E-state index contributed by atoms with van der Waals surface area (Å²) in [5.74, 6) is 0.349. The molecular weight excluding hydrogens is 344 g/mol. The van der Waals surface area contributed by atoms with Crippen molar-refractivity contribution in [1.29, 1.82) is 0 Å². The van der Waals surface area contributed by atoms with E-state index >= 15 is 0 Å². The molecule has 0 aliphatic carbocycles. The van der Waals surface area contributed by atoms with Crippen LogP contribution < -0.4 is 10.1 Å². The van der Waals surface area contributed by atoms with Crippen LogP contribution in [0.15, 0.2) is 43.1 Å². The van der Waals surface area contributed by atoms with E-state index in [1.165, 1.54) is 12.1 Å². The number of allylic oxidation sites excluding steroid dienone is 1. The summed E-state index contributed by atoms with van der Waals surface area (Å²) in [4.78, 5) is 16.6. The van der Waals surface area contributed by atoms with E-state index in [-0.39, 0.29) is 17.4 Å². The Morgan fingerprint density at radius 3 is 2.52 bits per heavy atom. The Morgan fingerprint density at radius 2 is 1.96 bits per heavy atom. The fourth-order valence-electron chi connectivity index (χ4n) is 2.19. The van der Waals surface area contributed by atoms with Gasteiger partial charge in [0.1, 0.15) is 23.4 Å². The highest BCUT2D eigenvalue weighted by Crippen LogP contribution is 2.23. The van der Waals surface area contributed by atoms with E-state index in [2.05, 4.69) is 16.9 Å². The zero-order valence-corrected chi connectivity index (χ0v) is 16.6. The van der Waals surface area contributed by atoms with Crippen LogP contribution in [-0.4, -0.2) is 35.8 Å². The summed E-state index contributed by atoms with van der Waals surface area (Å²) in [6.07, 6.45) is 1.43. The first kappa shape index (κ1) is 22.2. The summed E-state index contributed by atoms with van der Waals surface area (Å²) in [7, 11) is 1.58. The maximum atomic E-state index is 12.4. The molecule has 1 amide bonds. The first-order chi connectivity index (χ1) is 12.9. The van der Waals surface area contributed by atoms with Crippen LogP contribution >= 0.6 is 0 Å². The van der Waals surface area contributed by atoms with Crippen molar-refractivity contribution >= 4 is 17.3 Å². The van der Waals surface area contributed by atoms with Crippen LogP contribution in [0.3, 0.4) is 0 Å². The Kier molecular flexibility index (Phi) is 9.02. The number of nitrogens with zero attached hydrogens (tertiary/aromatic N) is 1. The number of pyridine rings is 1. The number of phenols is 1. The van der Waals surface area contributed by atoms with Crippen molar-refractivity contribution in [2.45, 2.75) is 33.8 Å². The highest BCUT2D eigenvalue weighted by atomic mass is 16.5. The maximum Gasteiger partial charge on any atom is 0.257 e. The summed E-state index contributed by atoms with van der Waals surface area (Å²) in [5, 5.41) is 12.5. The number of phenolic OH excluding ortho intramolecular Hbond substituents is 1. The standard InChI is InChI=1S/C19H22N2O4.C2H6/c1-12(2)14-5-6-18(20-10-14)21-19(23)15-7-16(22)9-17(8-15)25-13(3)11-24-4;1-2/h5-10,13,22H,1,11H2,2-4H3,(H,20,21,23);1-2H3. The minimum Gasteiger partial charge on any atom is -0.508 e. The van der Waals surface area contributed by atoms with E-state index in [0.29, 0.717) is 18.2 Å². The number of rotatable bonds is 7. The molecule has 1 heterocycles. The lowest BCUT2D eigenvalue weighted by molar-refractivity contribution is 0.0915. The van der Waals surface area contributed by atoms with Crippen LogP contribution in [0.1, 0.15) is 43.6 Å². The Labute approximate surface area is 160 Å². The fraction of sp³-hybridized carbons (Fsp3) is 0.333. The third-order valence-corrected chi connectivity index (χ3v) is 3.39. The molecule has 2 N–H and O–H groups in total. The van der Waals surface area contributed by atoms with Crippen molar-refractivity contribution in [3.05, 3.63) is 54.2 Å². The molecule has 1 aromatic carbocycles. The third-order valence-electron chi connectivity index (χ3n) is 3.39. The number of methoxy groups -OCH3 is 1. The minimum absolute atomic E-state index is 0.0575. The first-order valence-corrected chi connectivity index (χ1v) is 8.82. The smallest absolute Gasteiger partial charge is 0.257 e. The molecule has 27 heavy (non-hydrogen) atoms. The number of amides is 1. The largest absolute Gasteiger partial charge is 0.508 e. The molecule has 0 spiro atoms. The van der Waals surface area contributed by atoms with E-state index in [9.17, 15) is 9.90 Å². The molecular formula is C21H28N2O4. The van der Waals surface area contributed by atoms with E-state index in [1.54, 1.807) is 25.4 Å². The highest BCUT2D eigenvalue weighted by Gasteiger charge is 2.12. The fourth-order valence-corrected chi connectivity index (χ4v) is 2.19. The van der Waals surface area contributed by atoms with Crippen LogP contribution in [0.2, 0.25) is 0 Å². The predicted octanol–water partition coefficient (Wildman–Crippen LogP) is 4.51. The van der Waals surface area contributed by atoms with Crippen LogP contribution in [0.25, 0.3) is 5.57 Å². The van der Waals surface area contributed by atoms with Gasteiger partial charge in [-0.15, -0.1) is 0 Å². The number of hydrogen-bond donors (Lipinski definition) is 2. The van der Waals surface area contributed by atoms with Gasteiger partial charge in [0, 0.05) is 24.9 Å². The van der Waals surface area contributed by atoms with Crippen LogP contribution in [-0.2, 0) is 4.74 Å². The van der Waals surface area contributed by atoms with E-state index in [1.807, 2.05) is 33.8 Å². The molecule has 6 nitrogen and oxygen atoms in total. The summed E-state index contributed by atoms with van der Waals surface area (Å²) in [6.45, 7) is 12.0. The summed E-state index contributed by atoms with van der Waals surface area (Å²) in [6, 6.07) is 7.90. The number of benzene rings is 1. The molecule has 0 radical (unpaired) electrons. The number of carbonyl (C=O) groups excluding carboxylic acids is 1. The van der Waals surface area contributed by atoms with Crippen molar-refractivity contribution in [3.63, 3.8) is 0 Å². The normalized spacial score (nSPS) is 11.0. The summed E-state index contributed by atoms with van der Waals surface area (Å²) < 4.78 is 10.6. The van der Waals surface area contributed by atoms with Gasteiger partial charge < -0.3 is 19.9 Å². The molecule has 6 heteroatoms. The number of nitrogens with one attached hydrogen (secondary N) is 1. The van der Waals surface area contributed by atoms with Gasteiger partial charge in [-0.2, -0.15) is 0 Å². The molecule has 1 aromatic heterocycles. The summed E-state index contributed by atoms with van der Waals surface area (Å²) in [5.41, 5.74) is 2.06. The van der Waals surface area contributed by atoms with Gasteiger partial charge in [0.2, 0.25) is 0 Å². The van der Waals surface area contributed by atoms with Crippen LogP contribution in [0, 0.1) is 0 Å². The predicted molar refractivity (Wildman–Crippen MR) is 108 cm³/mol. The topological polar surface area (TPSA) is 80.7 Å². The van der Waals surface area contributed by atoms with Crippen molar-refractivity contribution in [1.82, 2.24) is 4.98 Å². The lowest BCUT2D eigenvalue weighted by Gasteiger charge is -2.15. The molecule has 1 unspecified atom stereocenters. The third kappa shape index (κ3) is 7.11. The minimum atomic E-state index is -0.393. The molecule has 0 aliphatic heterocycles. The summed E-state index contributed by atoms with van der Waals surface area (Å²) >= 11 is 0. The van der Waals surface area contributed by atoms with Crippen molar-refractivity contribution < 1.29 is 19.4 Å². The van der Waals surface area contributed by atoms with Gasteiger partial charge in [0.25, 0.3) is 5.91 Å². The molecule has 2 rings (SSSR count). The van der Waals surface area contributed by atoms with Crippen LogP contribution in [0.5, 0.6) is 11.5 Å². The lowest BCUT2D eigenvalue weighted by Crippen LogP contribution is -2.18. The van der Waals surface area contributed by atoms with Gasteiger partial charge in [-0.05, 0) is 49.2 Å². The number of hydrogen-bond acceptors (Lipinski definition) is 5. The zero-order valence-electron chi connectivity index (χ0n) is 16.6. The number of aromatic hydroxyl groups is 1.